The van der Waals surface area contributed by atoms with Crippen molar-refractivity contribution >= 4 is 57.0 Å². The van der Waals surface area contributed by atoms with E-state index in [2.05, 4.69) is 11.6 Å². The highest BCUT2D eigenvalue weighted by atomic mass is 127. The molecular weight excluding hydrogens is 687 g/mol. The molecule has 0 saturated carbocycles. The lowest BCUT2D eigenvalue weighted by molar-refractivity contribution is -0.137. The van der Waals surface area contributed by atoms with E-state index >= 15 is 4.39 Å². The van der Waals surface area contributed by atoms with E-state index in [0.717, 1.165) is 17.8 Å². The third-order valence-electron chi connectivity index (χ3n) is 7.76. The first-order valence-electron chi connectivity index (χ1n) is 13.3. The fourth-order valence-corrected chi connectivity index (χ4v) is 7.79. The van der Waals surface area contributed by atoms with Gasteiger partial charge in [0.25, 0.3) is 0 Å². The number of benzene rings is 2. The molecule has 3 aromatic rings. The standard InChI is InChI=1S/C29H29F4IN4O3S/c1-6-23(39)37-15(3)10-36(11-16(37)4)27-19-8-20(29(31,32)33)24(18-9-22(34)14(2)7-21(18)30)26-25(19)38(28(40)35-27)17(12-41-5)13-42-26/h6-9,15-17H,1,10-13H2,2-5H3/t15-,16+,17-/m0/s1. The summed E-state index contributed by atoms with van der Waals surface area (Å²) in [6.45, 7) is 9.54. The number of halogens is 5. The number of thioether (sulfide) groups is 1. The van der Waals surface area contributed by atoms with Crippen LogP contribution in [0.25, 0.3) is 22.0 Å². The van der Waals surface area contributed by atoms with Crippen LogP contribution in [0.2, 0.25) is 0 Å². The second kappa shape index (κ2) is 11.5. The van der Waals surface area contributed by atoms with Crippen LogP contribution in [0.1, 0.15) is 31.0 Å². The Morgan fingerprint density at radius 1 is 1.24 bits per heavy atom. The second-order valence-corrected chi connectivity index (χ2v) is 12.9. The molecule has 3 heterocycles. The second-order valence-electron chi connectivity index (χ2n) is 10.7. The molecule has 0 spiro atoms. The number of hydrogen-bond acceptors (Lipinski definition) is 6. The maximum atomic E-state index is 15.5. The number of aryl methyl sites for hydroxylation is 1. The fourth-order valence-electron chi connectivity index (χ4n) is 6.01. The lowest BCUT2D eigenvalue weighted by atomic mass is 9.94. The quantitative estimate of drug-likeness (QED) is 0.183. The van der Waals surface area contributed by atoms with Crippen molar-refractivity contribution in [2.24, 2.45) is 0 Å². The average Bonchev–Trinajstić information content (AvgIpc) is 2.91. The van der Waals surface area contributed by atoms with Crippen LogP contribution in [-0.2, 0) is 15.7 Å². The van der Waals surface area contributed by atoms with Gasteiger partial charge in [0.2, 0.25) is 5.91 Å². The average molecular weight is 717 g/mol. The number of methoxy groups -OCH3 is 1. The van der Waals surface area contributed by atoms with E-state index in [9.17, 15) is 22.8 Å². The lowest BCUT2D eigenvalue weighted by Crippen LogP contribution is -2.58. The van der Waals surface area contributed by atoms with Crippen molar-refractivity contribution in [2.45, 2.75) is 50.0 Å². The Labute approximate surface area is 258 Å². The number of rotatable bonds is 5. The normalized spacial score (nSPS) is 20.7. The summed E-state index contributed by atoms with van der Waals surface area (Å²) in [5, 5.41) is 0.138. The summed E-state index contributed by atoms with van der Waals surface area (Å²) >= 11 is 3.13. The predicted octanol–water partition coefficient (Wildman–Crippen LogP) is 6.04. The molecular formula is C29H29F4IN4O3S. The number of nitrogens with zero attached hydrogens (tertiary/aromatic N) is 4. The maximum absolute atomic E-state index is 15.5. The Hall–Kier alpha value is -2.65. The minimum absolute atomic E-state index is 0.103. The molecule has 0 bridgehead atoms. The molecule has 1 aromatic heterocycles. The van der Waals surface area contributed by atoms with Crippen molar-refractivity contribution < 1.29 is 27.1 Å². The number of carbonyl (C=O) groups excluding carboxylic acids is 1. The summed E-state index contributed by atoms with van der Waals surface area (Å²) in [4.78, 5) is 34.1. The molecule has 1 amide bonds. The largest absolute Gasteiger partial charge is 0.417 e. The summed E-state index contributed by atoms with van der Waals surface area (Å²) < 4.78 is 67.4. The van der Waals surface area contributed by atoms with E-state index in [1.54, 1.807) is 16.7 Å². The van der Waals surface area contributed by atoms with Gasteiger partial charge in [0.05, 0.1) is 23.7 Å². The number of carbonyl (C=O) groups is 1. The van der Waals surface area contributed by atoms with Crippen molar-refractivity contribution in [3.8, 4) is 11.1 Å². The summed E-state index contributed by atoms with van der Waals surface area (Å²) in [5.41, 5.74) is -1.23. The lowest BCUT2D eigenvalue weighted by Gasteiger charge is -2.45. The first kappa shape index (κ1) is 30.8. The third kappa shape index (κ3) is 5.21. The number of piperazine rings is 1. The van der Waals surface area contributed by atoms with Gasteiger partial charge >= 0.3 is 11.9 Å². The van der Waals surface area contributed by atoms with Gasteiger partial charge in [-0.2, -0.15) is 18.2 Å². The molecule has 5 rings (SSSR count). The molecule has 0 aliphatic carbocycles. The van der Waals surface area contributed by atoms with Gasteiger partial charge in [-0.15, -0.1) is 11.8 Å². The number of hydrogen-bond donors (Lipinski definition) is 0. The van der Waals surface area contributed by atoms with Crippen LogP contribution in [0.15, 0.2) is 40.5 Å². The Kier molecular flexibility index (Phi) is 8.40. The monoisotopic (exact) mass is 716 g/mol. The summed E-state index contributed by atoms with van der Waals surface area (Å²) in [6.07, 6.45) is -3.61. The molecule has 7 nitrogen and oxygen atoms in total. The molecule has 0 radical (unpaired) electrons. The highest BCUT2D eigenvalue weighted by molar-refractivity contribution is 14.1. The Balaban J connectivity index is 1.85. The van der Waals surface area contributed by atoms with E-state index in [1.807, 2.05) is 36.4 Å². The molecule has 1 saturated heterocycles. The van der Waals surface area contributed by atoms with Crippen molar-refractivity contribution in [3.05, 3.63) is 61.9 Å². The van der Waals surface area contributed by atoms with Crippen LogP contribution in [0.4, 0.5) is 23.4 Å². The van der Waals surface area contributed by atoms with Gasteiger partial charge in [0, 0.05) is 63.0 Å². The molecule has 2 aliphatic rings. The van der Waals surface area contributed by atoms with Gasteiger partial charge in [-0.25, -0.2) is 9.18 Å². The SMILES string of the molecule is C=CC(=O)N1[C@H](C)CN(c2nc(=O)n3c4c(c(-c5cc(I)c(C)cc5F)c(C(F)(F)F)cc24)SC[C@@H]3COC)C[C@@H]1C. The number of anilines is 1. The fraction of sp³-hybridized carbons (Fsp3) is 0.414. The summed E-state index contributed by atoms with van der Waals surface area (Å²) in [6, 6.07) is 2.50. The highest BCUT2D eigenvalue weighted by Gasteiger charge is 2.41. The minimum atomic E-state index is -4.83. The van der Waals surface area contributed by atoms with Crippen LogP contribution in [0.3, 0.4) is 0 Å². The highest BCUT2D eigenvalue weighted by Crippen LogP contribution is 2.50. The summed E-state index contributed by atoms with van der Waals surface area (Å²) in [7, 11) is 1.48. The van der Waals surface area contributed by atoms with Crippen molar-refractivity contribution in [1.82, 2.24) is 14.5 Å². The molecule has 224 valence electrons. The number of ether oxygens (including phenoxy) is 1. The first-order valence-corrected chi connectivity index (χ1v) is 15.3. The maximum Gasteiger partial charge on any atom is 0.417 e. The van der Waals surface area contributed by atoms with E-state index in [0.29, 0.717) is 9.13 Å². The van der Waals surface area contributed by atoms with Gasteiger partial charge in [-0.05, 0) is 73.2 Å². The van der Waals surface area contributed by atoms with Crippen molar-refractivity contribution in [1.29, 1.82) is 0 Å². The molecule has 13 heteroatoms. The molecule has 0 N–H and O–H groups in total. The zero-order valence-corrected chi connectivity index (χ0v) is 26.4. The van der Waals surface area contributed by atoms with E-state index in [1.165, 1.54) is 29.9 Å². The molecule has 2 aromatic carbocycles. The van der Waals surface area contributed by atoms with Crippen molar-refractivity contribution in [3.63, 3.8) is 0 Å². The van der Waals surface area contributed by atoms with Gasteiger partial charge in [0.15, 0.2) is 0 Å². The Morgan fingerprint density at radius 3 is 2.50 bits per heavy atom. The molecule has 0 unspecified atom stereocenters. The van der Waals surface area contributed by atoms with Gasteiger partial charge < -0.3 is 14.5 Å². The van der Waals surface area contributed by atoms with E-state index < -0.39 is 29.3 Å². The molecule has 42 heavy (non-hydrogen) atoms. The molecule has 2 aliphatic heterocycles. The van der Waals surface area contributed by atoms with E-state index in [4.69, 9.17) is 4.74 Å². The number of alkyl halides is 3. The van der Waals surface area contributed by atoms with Gasteiger partial charge in [-0.1, -0.05) is 6.58 Å². The zero-order valence-electron chi connectivity index (χ0n) is 23.4. The van der Waals surface area contributed by atoms with Gasteiger partial charge in [0.1, 0.15) is 11.6 Å². The topological polar surface area (TPSA) is 67.7 Å². The van der Waals surface area contributed by atoms with Crippen LogP contribution in [-0.4, -0.2) is 65.0 Å². The van der Waals surface area contributed by atoms with Gasteiger partial charge in [-0.3, -0.25) is 9.36 Å². The molecule has 1 fully saturated rings. The predicted molar refractivity (Wildman–Crippen MR) is 164 cm³/mol. The number of amides is 1. The minimum Gasteiger partial charge on any atom is -0.383 e. The van der Waals surface area contributed by atoms with Crippen LogP contribution in [0, 0.1) is 16.3 Å². The Morgan fingerprint density at radius 2 is 1.90 bits per heavy atom. The van der Waals surface area contributed by atoms with Crippen LogP contribution < -0.4 is 10.6 Å². The number of aromatic nitrogens is 2. The first-order chi connectivity index (χ1) is 19.8. The smallest absolute Gasteiger partial charge is 0.383 e. The van der Waals surface area contributed by atoms with E-state index in [-0.39, 0.29) is 76.2 Å². The third-order valence-corrected chi connectivity index (χ3v) is 10.2. The Bertz CT molecular complexity index is 1650. The van der Waals surface area contributed by atoms with Crippen molar-refractivity contribution in [2.75, 3.05) is 37.5 Å². The zero-order chi connectivity index (χ0) is 30.7. The van der Waals surface area contributed by atoms with Crippen LogP contribution in [0.5, 0.6) is 0 Å². The summed E-state index contributed by atoms with van der Waals surface area (Å²) in [5.74, 6) is -0.683. The molecule has 3 atom stereocenters. The van der Waals surface area contributed by atoms with Crippen LogP contribution >= 0.6 is 34.4 Å².